The summed E-state index contributed by atoms with van der Waals surface area (Å²) in [6, 6.07) is 13.5. The number of amidine groups is 1. The first-order chi connectivity index (χ1) is 17.2. The highest BCUT2D eigenvalue weighted by molar-refractivity contribution is 7.95. The molecule has 2 aliphatic rings. The van der Waals surface area contributed by atoms with Crippen molar-refractivity contribution in [2.24, 2.45) is 17.6 Å². The van der Waals surface area contributed by atoms with Gasteiger partial charge in [-0.2, -0.15) is 0 Å². The average Bonchev–Trinajstić information content (AvgIpc) is 3.13. The molecule has 2 aromatic carbocycles. The van der Waals surface area contributed by atoms with Gasteiger partial charge < -0.3 is 15.8 Å². The molecule has 1 saturated carbocycles. The fourth-order valence-electron chi connectivity index (χ4n) is 5.05. The average molecular weight is 510 g/mol. The minimum atomic E-state index is -3.76. The highest BCUT2D eigenvalue weighted by Crippen LogP contribution is 2.40. The van der Waals surface area contributed by atoms with Crippen LogP contribution in [0.15, 0.2) is 58.8 Å². The van der Waals surface area contributed by atoms with Crippen LogP contribution in [0.2, 0.25) is 0 Å². The third kappa shape index (κ3) is 5.36. The number of amides is 1. The van der Waals surface area contributed by atoms with Crippen molar-refractivity contribution in [3.8, 4) is 0 Å². The van der Waals surface area contributed by atoms with Crippen molar-refractivity contribution < 1.29 is 22.7 Å². The van der Waals surface area contributed by atoms with Crippen LogP contribution in [0.1, 0.15) is 49.3 Å². The Hall–Kier alpha value is -3.46. The van der Waals surface area contributed by atoms with Gasteiger partial charge in [0.15, 0.2) is 0 Å². The third-order valence-electron chi connectivity index (χ3n) is 6.85. The lowest BCUT2D eigenvalue weighted by molar-refractivity contribution is -0.150. The number of carbonyl (C=O) groups is 2. The van der Waals surface area contributed by atoms with E-state index in [0.29, 0.717) is 29.5 Å². The number of fused-ring (bicyclic) bond motifs is 1. The van der Waals surface area contributed by atoms with Crippen LogP contribution in [-0.2, 0) is 30.6 Å². The van der Waals surface area contributed by atoms with Crippen molar-refractivity contribution in [3.63, 3.8) is 0 Å². The molecule has 4 N–H and O–H groups in total. The summed E-state index contributed by atoms with van der Waals surface area (Å²) in [5.41, 5.74) is 7.65. The smallest absolute Gasteiger partial charge is 0.311 e. The summed E-state index contributed by atoms with van der Waals surface area (Å²) in [7, 11) is -3.76. The predicted octanol–water partition coefficient (Wildman–Crippen LogP) is 3.20. The van der Waals surface area contributed by atoms with Crippen molar-refractivity contribution in [2.45, 2.75) is 50.0 Å². The number of hydrogen-bond acceptors (Lipinski definition) is 6. The molecule has 4 rings (SSSR count). The molecule has 1 amide bonds. The van der Waals surface area contributed by atoms with E-state index in [2.05, 4.69) is 5.32 Å². The molecule has 0 radical (unpaired) electrons. The maximum Gasteiger partial charge on any atom is 0.311 e. The molecule has 1 aliphatic heterocycles. The number of benzene rings is 2. The molecule has 3 atom stereocenters. The molecule has 2 aromatic rings. The van der Waals surface area contributed by atoms with Crippen LogP contribution < -0.4 is 11.1 Å². The van der Waals surface area contributed by atoms with E-state index in [4.69, 9.17) is 15.9 Å². The van der Waals surface area contributed by atoms with Crippen LogP contribution >= 0.6 is 0 Å². The first kappa shape index (κ1) is 25.6. The zero-order chi connectivity index (χ0) is 25.9. The molecule has 1 heterocycles. The summed E-state index contributed by atoms with van der Waals surface area (Å²) in [6.07, 6.45) is 3.32. The van der Waals surface area contributed by atoms with E-state index in [1.54, 1.807) is 13.0 Å². The van der Waals surface area contributed by atoms with E-state index in [0.717, 1.165) is 23.8 Å². The Morgan fingerprint density at radius 2 is 1.86 bits per heavy atom. The van der Waals surface area contributed by atoms with Crippen LogP contribution in [0, 0.1) is 17.2 Å². The molecule has 0 spiro atoms. The van der Waals surface area contributed by atoms with E-state index in [9.17, 15) is 18.0 Å². The largest absolute Gasteiger partial charge is 0.466 e. The number of ether oxygens (including phenoxy) is 1. The van der Waals surface area contributed by atoms with Gasteiger partial charge in [-0.1, -0.05) is 43.2 Å². The van der Waals surface area contributed by atoms with E-state index in [1.807, 2.05) is 30.3 Å². The fourth-order valence-corrected chi connectivity index (χ4v) is 6.54. The summed E-state index contributed by atoms with van der Waals surface area (Å²) in [5.74, 6) is -2.11. The van der Waals surface area contributed by atoms with Gasteiger partial charge in [0.05, 0.1) is 23.3 Å². The zero-order valence-electron chi connectivity index (χ0n) is 20.2. The summed E-state index contributed by atoms with van der Waals surface area (Å²) < 4.78 is 31.2. The van der Waals surface area contributed by atoms with Gasteiger partial charge in [0, 0.05) is 17.0 Å². The summed E-state index contributed by atoms with van der Waals surface area (Å²) in [5, 5.41) is 12.0. The molecular formula is C27H31N3O5S. The number of nitrogens with one attached hydrogen (secondary N) is 2. The predicted molar refractivity (Wildman–Crippen MR) is 137 cm³/mol. The van der Waals surface area contributed by atoms with Gasteiger partial charge in [0.1, 0.15) is 5.84 Å². The minimum Gasteiger partial charge on any atom is -0.466 e. The van der Waals surface area contributed by atoms with Crippen molar-refractivity contribution in [1.29, 1.82) is 5.41 Å². The molecule has 0 bridgehead atoms. The van der Waals surface area contributed by atoms with E-state index in [-0.39, 0.29) is 41.7 Å². The van der Waals surface area contributed by atoms with Gasteiger partial charge in [-0.3, -0.25) is 15.0 Å². The van der Waals surface area contributed by atoms with E-state index >= 15 is 0 Å². The monoisotopic (exact) mass is 509 g/mol. The fraction of sp³-hybridized carbons (Fsp3) is 0.370. The van der Waals surface area contributed by atoms with Gasteiger partial charge in [-0.05, 0) is 61.1 Å². The van der Waals surface area contributed by atoms with Gasteiger partial charge in [0.25, 0.3) is 0 Å². The van der Waals surface area contributed by atoms with Gasteiger partial charge >= 0.3 is 5.97 Å². The van der Waals surface area contributed by atoms with Crippen LogP contribution in [0.4, 0.5) is 0 Å². The first-order valence-electron chi connectivity index (χ1n) is 12.2. The second-order valence-electron chi connectivity index (χ2n) is 9.24. The number of rotatable bonds is 8. The highest BCUT2D eigenvalue weighted by atomic mass is 32.2. The molecule has 8 nitrogen and oxygen atoms in total. The molecule has 0 aromatic heterocycles. The number of nitrogens with two attached hydrogens (primary N) is 1. The number of esters is 1. The number of hydrogen-bond donors (Lipinski definition) is 3. The lowest BCUT2D eigenvalue weighted by Crippen LogP contribution is -2.48. The lowest BCUT2D eigenvalue weighted by atomic mass is 9.82. The summed E-state index contributed by atoms with van der Waals surface area (Å²) in [4.78, 5) is 26.5. The Morgan fingerprint density at radius 3 is 2.56 bits per heavy atom. The SMILES string of the molecule is CCOC(=O)[C@@H]1CCCC[C@@H]1NC(=O)C(Cc1ccccc1)C1=CS(=O)(=O)c2ccc(C(=N)N)cc21. The van der Waals surface area contributed by atoms with E-state index < -0.39 is 21.7 Å². The number of sulfone groups is 1. The van der Waals surface area contributed by atoms with Crippen LogP contribution in [0.5, 0.6) is 0 Å². The van der Waals surface area contributed by atoms with Crippen molar-refractivity contribution in [2.75, 3.05) is 6.61 Å². The van der Waals surface area contributed by atoms with Crippen molar-refractivity contribution in [3.05, 3.63) is 70.6 Å². The van der Waals surface area contributed by atoms with Gasteiger partial charge in [-0.15, -0.1) is 0 Å². The normalized spacial score (nSPS) is 21.1. The topological polar surface area (TPSA) is 139 Å². The minimum absolute atomic E-state index is 0.0930. The molecule has 1 aliphatic carbocycles. The molecule has 1 fully saturated rings. The quantitative estimate of drug-likeness (QED) is 0.284. The van der Waals surface area contributed by atoms with Gasteiger partial charge in [-0.25, -0.2) is 8.42 Å². The first-order valence-corrected chi connectivity index (χ1v) is 13.7. The van der Waals surface area contributed by atoms with Crippen LogP contribution in [0.25, 0.3) is 5.57 Å². The molecular weight excluding hydrogens is 478 g/mol. The second-order valence-corrected chi connectivity index (χ2v) is 11.0. The molecule has 9 heteroatoms. The summed E-state index contributed by atoms with van der Waals surface area (Å²) in [6.45, 7) is 2.02. The molecule has 36 heavy (non-hydrogen) atoms. The van der Waals surface area contributed by atoms with Crippen molar-refractivity contribution >= 4 is 33.1 Å². The maximum atomic E-state index is 13.8. The Kier molecular flexibility index (Phi) is 7.59. The van der Waals surface area contributed by atoms with E-state index in [1.165, 1.54) is 12.1 Å². The van der Waals surface area contributed by atoms with Crippen LogP contribution in [0.3, 0.4) is 0 Å². The Labute approximate surface area is 211 Å². The molecule has 0 saturated heterocycles. The number of carbonyl (C=O) groups excluding carboxylic acids is 2. The van der Waals surface area contributed by atoms with Crippen LogP contribution in [-0.4, -0.2) is 38.8 Å². The lowest BCUT2D eigenvalue weighted by Gasteiger charge is -2.32. The highest BCUT2D eigenvalue weighted by Gasteiger charge is 2.38. The molecule has 1 unspecified atom stereocenters. The van der Waals surface area contributed by atoms with Crippen molar-refractivity contribution in [1.82, 2.24) is 5.32 Å². The number of nitrogen functional groups attached to an aromatic ring is 1. The third-order valence-corrected chi connectivity index (χ3v) is 8.38. The Bertz CT molecular complexity index is 1300. The Balaban J connectivity index is 1.71. The molecule has 190 valence electrons. The summed E-state index contributed by atoms with van der Waals surface area (Å²) >= 11 is 0. The standard InChI is InChI=1S/C27H31N3O5S/c1-2-35-27(32)19-10-6-7-11-23(19)30-26(31)21(14-17-8-4-3-5-9-17)22-16-36(33,34)24-13-12-18(25(28)29)15-20(22)24/h3-5,8-9,12-13,15-16,19,21,23H,2,6-7,10-11,14H2,1H3,(H3,28,29)(H,30,31)/t19-,21?,23+/m1/s1. The zero-order valence-corrected chi connectivity index (χ0v) is 21.0. The Morgan fingerprint density at radius 1 is 1.14 bits per heavy atom. The maximum absolute atomic E-state index is 13.8. The van der Waals surface area contributed by atoms with Gasteiger partial charge in [0.2, 0.25) is 15.7 Å². The second kappa shape index (κ2) is 10.7.